The molecule has 8 nitrogen and oxygen atoms in total. The first-order chi connectivity index (χ1) is 10.2. The summed E-state index contributed by atoms with van der Waals surface area (Å²) in [5.74, 6) is 0. The van der Waals surface area contributed by atoms with Gasteiger partial charge in [-0.05, 0) is 23.2 Å². The SMILES string of the molecule is O=C(Cl)c1cc([N+](=O)[O-])cc2c(C(=O)Cl)cc([N+](=O)[O-])cc12. The summed E-state index contributed by atoms with van der Waals surface area (Å²) in [7, 11) is 0. The van der Waals surface area contributed by atoms with Gasteiger partial charge in [-0.25, -0.2) is 0 Å². The standard InChI is InChI=1S/C12H4Cl2N2O6/c13-11(17)9-4-6(16(21)22)2-8-7(9)1-5(15(19)20)3-10(8)12(14)18/h1-4H. The lowest BCUT2D eigenvalue weighted by atomic mass is 9.99. The first kappa shape index (κ1) is 15.8. The van der Waals surface area contributed by atoms with Crippen molar-refractivity contribution < 1.29 is 19.4 Å². The average Bonchev–Trinajstić information content (AvgIpc) is 2.44. The van der Waals surface area contributed by atoms with Gasteiger partial charge in [0.1, 0.15) is 0 Å². The Hall–Kier alpha value is -2.58. The van der Waals surface area contributed by atoms with Crippen molar-refractivity contribution in [2.45, 2.75) is 0 Å². The minimum absolute atomic E-state index is 0.0659. The third-order valence-electron chi connectivity index (χ3n) is 2.88. The van der Waals surface area contributed by atoms with E-state index >= 15 is 0 Å². The molecule has 0 aliphatic heterocycles. The van der Waals surface area contributed by atoms with E-state index in [1.807, 2.05) is 0 Å². The molecule has 22 heavy (non-hydrogen) atoms. The molecule has 0 aromatic heterocycles. The van der Waals surface area contributed by atoms with Crippen molar-refractivity contribution >= 4 is 55.8 Å². The lowest BCUT2D eigenvalue weighted by Gasteiger charge is -2.06. The average molecular weight is 343 g/mol. The molecule has 0 amide bonds. The van der Waals surface area contributed by atoms with Gasteiger partial charge < -0.3 is 0 Å². The number of carbonyl (C=O) groups is 2. The largest absolute Gasteiger partial charge is 0.276 e. The van der Waals surface area contributed by atoms with Crippen LogP contribution in [-0.2, 0) is 0 Å². The van der Waals surface area contributed by atoms with Crippen LogP contribution in [0.2, 0.25) is 0 Å². The molecular formula is C12H4Cl2N2O6. The number of hydrogen-bond donors (Lipinski definition) is 0. The van der Waals surface area contributed by atoms with Gasteiger partial charge >= 0.3 is 0 Å². The van der Waals surface area contributed by atoms with Crippen LogP contribution in [0.25, 0.3) is 10.8 Å². The normalized spacial score (nSPS) is 10.5. The Morgan fingerprint density at radius 1 is 0.773 bits per heavy atom. The molecule has 0 fully saturated rings. The molecule has 0 saturated carbocycles. The van der Waals surface area contributed by atoms with Gasteiger partial charge in [0, 0.05) is 46.2 Å². The third-order valence-corrected chi connectivity index (χ3v) is 3.29. The Morgan fingerprint density at radius 2 is 1.09 bits per heavy atom. The maximum absolute atomic E-state index is 11.5. The first-order valence-corrected chi connectivity index (χ1v) is 6.28. The fraction of sp³-hybridized carbons (Fsp3) is 0. The lowest BCUT2D eigenvalue weighted by molar-refractivity contribution is -0.385. The Labute approximate surface area is 131 Å². The van der Waals surface area contributed by atoms with Crippen LogP contribution in [0.15, 0.2) is 24.3 Å². The van der Waals surface area contributed by atoms with E-state index < -0.39 is 31.7 Å². The van der Waals surface area contributed by atoms with Crippen molar-refractivity contribution in [1.29, 1.82) is 0 Å². The summed E-state index contributed by atoms with van der Waals surface area (Å²) in [6.07, 6.45) is 0. The Balaban J connectivity index is 3.03. The van der Waals surface area contributed by atoms with Gasteiger partial charge in [-0.1, -0.05) is 0 Å². The molecule has 112 valence electrons. The number of nitrogens with zero attached hydrogens (tertiary/aromatic N) is 2. The second-order valence-corrected chi connectivity index (χ2v) is 4.83. The van der Waals surface area contributed by atoms with Gasteiger partial charge in [-0.3, -0.25) is 29.8 Å². The summed E-state index contributed by atoms with van der Waals surface area (Å²) in [5.41, 5.74) is -1.64. The molecule has 0 unspecified atom stereocenters. The van der Waals surface area contributed by atoms with Crippen molar-refractivity contribution in [3.63, 3.8) is 0 Å². The molecule has 0 aliphatic carbocycles. The van der Waals surface area contributed by atoms with Crippen molar-refractivity contribution in [2.75, 3.05) is 0 Å². The van der Waals surface area contributed by atoms with Gasteiger partial charge in [0.25, 0.3) is 21.9 Å². The molecule has 2 rings (SSSR count). The monoisotopic (exact) mass is 342 g/mol. The molecule has 0 heterocycles. The van der Waals surface area contributed by atoms with Crippen LogP contribution < -0.4 is 0 Å². The number of hydrogen-bond acceptors (Lipinski definition) is 6. The van der Waals surface area contributed by atoms with Gasteiger partial charge in [-0.2, -0.15) is 0 Å². The minimum atomic E-state index is -1.05. The van der Waals surface area contributed by atoms with Gasteiger partial charge in [0.2, 0.25) is 0 Å². The van der Waals surface area contributed by atoms with E-state index in [0.717, 1.165) is 24.3 Å². The fourth-order valence-electron chi connectivity index (χ4n) is 1.97. The molecule has 0 bridgehead atoms. The van der Waals surface area contributed by atoms with Crippen LogP contribution in [0.3, 0.4) is 0 Å². The van der Waals surface area contributed by atoms with E-state index in [0.29, 0.717) is 0 Å². The molecule has 0 radical (unpaired) electrons. The number of benzene rings is 2. The number of fused-ring (bicyclic) bond motifs is 1. The molecule has 2 aromatic carbocycles. The van der Waals surface area contributed by atoms with Crippen LogP contribution in [0.1, 0.15) is 20.7 Å². The summed E-state index contributed by atoms with van der Waals surface area (Å²) in [5, 5.41) is 19.6. The Morgan fingerprint density at radius 3 is 1.32 bits per heavy atom. The van der Waals surface area contributed by atoms with Crippen molar-refractivity contribution in [3.8, 4) is 0 Å². The third kappa shape index (κ3) is 2.74. The highest BCUT2D eigenvalue weighted by Crippen LogP contribution is 2.33. The van der Waals surface area contributed by atoms with E-state index in [9.17, 15) is 29.8 Å². The number of rotatable bonds is 4. The second-order valence-electron chi connectivity index (χ2n) is 4.14. The zero-order valence-electron chi connectivity index (χ0n) is 10.4. The first-order valence-electron chi connectivity index (χ1n) is 5.52. The smallest absolute Gasteiger partial charge is 0.270 e. The minimum Gasteiger partial charge on any atom is -0.276 e. The van der Waals surface area contributed by atoms with Crippen LogP contribution in [0, 0.1) is 20.2 Å². The van der Waals surface area contributed by atoms with Gasteiger partial charge in [-0.15, -0.1) is 0 Å². The lowest BCUT2D eigenvalue weighted by Crippen LogP contribution is -2.01. The second kappa shape index (κ2) is 5.66. The highest BCUT2D eigenvalue weighted by atomic mass is 35.5. The van der Waals surface area contributed by atoms with E-state index in [-0.39, 0.29) is 21.9 Å². The summed E-state index contributed by atoms with van der Waals surface area (Å²) >= 11 is 10.7. The molecule has 0 atom stereocenters. The molecule has 0 spiro atoms. The van der Waals surface area contributed by atoms with Crippen molar-refractivity contribution in [1.82, 2.24) is 0 Å². The predicted octanol–water partition coefficient (Wildman–Crippen LogP) is 3.41. The zero-order valence-corrected chi connectivity index (χ0v) is 11.9. The number of nitro groups is 2. The summed E-state index contributed by atoms with van der Waals surface area (Å²) in [6.45, 7) is 0. The van der Waals surface area contributed by atoms with Gasteiger partial charge in [0.05, 0.1) is 9.85 Å². The molecule has 0 aliphatic rings. The van der Waals surface area contributed by atoms with Crippen LogP contribution >= 0.6 is 23.2 Å². The summed E-state index contributed by atoms with van der Waals surface area (Å²) < 4.78 is 0. The molecular weight excluding hydrogens is 339 g/mol. The fourth-order valence-corrected chi connectivity index (χ4v) is 2.28. The Bertz CT molecular complexity index is 793. The molecule has 0 saturated heterocycles. The van der Waals surface area contributed by atoms with Crippen LogP contribution in [-0.4, -0.2) is 20.3 Å². The molecule has 2 aromatic rings. The summed E-state index contributed by atoms with van der Waals surface area (Å²) in [6, 6.07) is 3.75. The van der Waals surface area contributed by atoms with E-state index in [4.69, 9.17) is 23.2 Å². The Kier molecular flexibility index (Phi) is 4.07. The zero-order chi connectivity index (χ0) is 16.6. The number of nitro benzene ring substituents is 2. The van der Waals surface area contributed by atoms with Crippen molar-refractivity contribution in [3.05, 3.63) is 55.6 Å². The van der Waals surface area contributed by atoms with E-state index in [2.05, 4.69) is 0 Å². The van der Waals surface area contributed by atoms with E-state index in [1.165, 1.54) is 0 Å². The topological polar surface area (TPSA) is 120 Å². The van der Waals surface area contributed by atoms with Crippen LogP contribution in [0.5, 0.6) is 0 Å². The molecule has 0 N–H and O–H groups in total. The maximum atomic E-state index is 11.5. The summed E-state index contributed by atoms with van der Waals surface area (Å²) in [4.78, 5) is 43.1. The molecule has 10 heteroatoms. The highest BCUT2D eigenvalue weighted by Gasteiger charge is 2.22. The highest BCUT2D eigenvalue weighted by molar-refractivity contribution is 6.70. The van der Waals surface area contributed by atoms with Crippen molar-refractivity contribution in [2.24, 2.45) is 0 Å². The maximum Gasteiger partial charge on any atom is 0.270 e. The number of carbonyl (C=O) groups excluding carboxylic acids is 2. The van der Waals surface area contributed by atoms with E-state index in [1.54, 1.807) is 0 Å². The predicted molar refractivity (Wildman–Crippen MR) is 77.6 cm³/mol. The number of non-ortho nitro benzene ring substituents is 2. The number of halogens is 2. The van der Waals surface area contributed by atoms with Gasteiger partial charge in [0.15, 0.2) is 0 Å². The van der Waals surface area contributed by atoms with Crippen LogP contribution in [0.4, 0.5) is 11.4 Å². The quantitative estimate of drug-likeness (QED) is 0.476.